The first kappa shape index (κ1) is 24.7. The zero-order valence-electron chi connectivity index (χ0n) is 22.0. The van der Waals surface area contributed by atoms with Gasteiger partial charge < -0.3 is 24.5 Å². The first-order valence-electron chi connectivity index (χ1n) is 13.9. The largest absolute Gasteiger partial charge is 0.382 e. The molecular weight excluding hydrogens is 476 g/mol. The summed E-state index contributed by atoms with van der Waals surface area (Å²) < 4.78 is 5.41. The maximum atomic E-state index is 13.6. The number of hydrogen-bond acceptors (Lipinski definition) is 3. The minimum Gasteiger partial charge on any atom is -0.382 e. The fourth-order valence-corrected chi connectivity index (χ4v) is 6.64. The molecule has 7 nitrogen and oxygen atoms in total. The molecule has 0 radical (unpaired) electrons. The van der Waals surface area contributed by atoms with Crippen molar-refractivity contribution in [3.05, 3.63) is 72.1 Å². The molecule has 0 spiro atoms. The van der Waals surface area contributed by atoms with Crippen LogP contribution in [0.3, 0.4) is 0 Å². The summed E-state index contributed by atoms with van der Waals surface area (Å²) in [5.41, 5.74) is 4.64. The van der Waals surface area contributed by atoms with Crippen molar-refractivity contribution in [2.75, 3.05) is 39.4 Å². The molecule has 0 unspecified atom stereocenters. The predicted octanol–water partition coefficient (Wildman–Crippen LogP) is 4.83. The molecule has 2 fully saturated rings. The summed E-state index contributed by atoms with van der Waals surface area (Å²) in [5, 5.41) is 2.48. The Hall–Kier alpha value is -3.58. The van der Waals surface area contributed by atoms with Crippen LogP contribution in [0.25, 0.3) is 21.8 Å². The summed E-state index contributed by atoms with van der Waals surface area (Å²) in [5.74, 6) is -0.0378. The lowest BCUT2D eigenvalue weighted by molar-refractivity contribution is -0.137. The van der Waals surface area contributed by atoms with Crippen LogP contribution in [0, 0.1) is 5.92 Å². The molecule has 4 aromatic rings. The third kappa shape index (κ3) is 4.29. The number of nitrogens with one attached hydrogen (secondary N) is 2. The third-order valence-corrected chi connectivity index (χ3v) is 8.62. The Morgan fingerprint density at radius 1 is 0.974 bits per heavy atom. The molecule has 1 atom stereocenters. The Morgan fingerprint density at radius 2 is 1.58 bits per heavy atom. The number of fused-ring (bicyclic) bond motifs is 2. The second-order valence-corrected chi connectivity index (χ2v) is 10.7. The molecule has 2 aromatic carbocycles. The first-order chi connectivity index (χ1) is 18.6. The molecule has 0 saturated carbocycles. The van der Waals surface area contributed by atoms with E-state index >= 15 is 0 Å². The average Bonchev–Trinajstić information content (AvgIpc) is 3.68. The highest BCUT2D eigenvalue weighted by Crippen LogP contribution is 2.47. The number of amides is 2. The molecule has 7 heteroatoms. The van der Waals surface area contributed by atoms with E-state index in [0.29, 0.717) is 45.8 Å². The number of aromatic nitrogens is 2. The Kier molecular flexibility index (Phi) is 6.70. The molecule has 0 bridgehead atoms. The van der Waals surface area contributed by atoms with Gasteiger partial charge in [-0.3, -0.25) is 9.59 Å². The normalized spacial score (nSPS) is 19.6. The molecule has 0 aliphatic carbocycles. The summed E-state index contributed by atoms with van der Waals surface area (Å²) >= 11 is 0. The Morgan fingerprint density at radius 3 is 2.18 bits per heavy atom. The Balaban J connectivity index is 1.24. The summed E-state index contributed by atoms with van der Waals surface area (Å²) in [7, 11) is 0. The number of carbonyl (C=O) groups is 2. The monoisotopic (exact) mass is 512 g/mol. The van der Waals surface area contributed by atoms with Crippen LogP contribution in [0.4, 0.5) is 0 Å². The fraction of sp³-hybridized carbons (Fsp3) is 0.419. The van der Waals surface area contributed by atoms with E-state index < -0.39 is 0 Å². The number of likely N-dealkylation sites (tertiary alicyclic amines) is 2. The number of rotatable bonds is 8. The number of hydrogen-bond donors (Lipinski definition) is 2. The van der Waals surface area contributed by atoms with Crippen LogP contribution in [0.5, 0.6) is 0 Å². The number of nitrogens with zero attached hydrogens (tertiary/aromatic N) is 2. The average molecular weight is 513 g/mol. The minimum atomic E-state index is -0.247. The van der Waals surface area contributed by atoms with Crippen molar-refractivity contribution in [2.45, 2.75) is 38.0 Å². The number of benzene rings is 2. The van der Waals surface area contributed by atoms with Gasteiger partial charge in [0.05, 0.1) is 5.92 Å². The van der Waals surface area contributed by atoms with Crippen molar-refractivity contribution in [1.29, 1.82) is 0 Å². The molecule has 2 N–H and O–H groups in total. The maximum absolute atomic E-state index is 13.6. The SMILES string of the molecule is CCOCCCN1C[C@H](C(=O)N2CCC(c3c[nH]c4ccccc34)(c3c[nH]c4ccccc34)CC2)CC1=O. The number of aromatic amines is 2. The van der Waals surface area contributed by atoms with Crippen molar-refractivity contribution in [3.8, 4) is 0 Å². The van der Waals surface area contributed by atoms with Crippen LogP contribution >= 0.6 is 0 Å². The van der Waals surface area contributed by atoms with Crippen molar-refractivity contribution in [3.63, 3.8) is 0 Å². The van der Waals surface area contributed by atoms with E-state index in [1.807, 2.05) is 16.7 Å². The van der Waals surface area contributed by atoms with Crippen LogP contribution in [0.1, 0.15) is 43.7 Å². The highest BCUT2D eigenvalue weighted by Gasteiger charge is 2.44. The number of ether oxygens (including phenoxy) is 1. The van der Waals surface area contributed by atoms with Crippen molar-refractivity contribution < 1.29 is 14.3 Å². The van der Waals surface area contributed by atoms with Gasteiger partial charge in [0.15, 0.2) is 0 Å². The van der Waals surface area contributed by atoms with Crippen LogP contribution in [0.2, 0.25) is 0 Å². The standard InChI is InChI=1S/C31H36N4O3/c1-2-38-17-7-14-35-21-22(18-29(35)36)30(37)34-15-12-31(13-16-34,25-19-32-27-10-5-3-8-23(25)27)26-20-33-28-11-6-4-9-24(26)28/h3-6,8-11,19-20,22,32-33H,2,7,12-18,21H2,1H3/t22-/m1/s1. The second kappa shape index (κ2) is 10.3. The molecule has 38 heavy (non-hydrogen) atoms. The van der Waals surface area contributed by atoms with Gasteiger partial charge in [-0.1, -0.05) is 36.4 Å². The summed E-state index contributed by atoms with van der Waals surface area (Å²) in [6.07, 6.45) is 7.13. The van der Waals surface area contributed by atoms with E-state index in [-0.39, 0.29) is 23.1 Å². The van der Waals surface area contributed by atoms with E-state index in [0.717, 1.165) is 30.3 Å². The lowest BCUT2D eigenvalue weighted by atomic mass is 9.67. The second-order valence-electron chi connectivity index (χ2n) is 10.7. The van der Waals surface area contributed by atoms with Gasteiger partial charge in [0, 0.05) is 85.4 Å². The van der Waals surface area contributed by atoms with E-state index in [2.05, 4.69) is 70.9 Å². The molecule has 198 valence electrons. The molecule has 4 heterocycles. The lowest BCUT2D eigenvalue weighted by Gasteiger charge is -2.43. The molecule has 2 aliphatic heterocycles. The van der Waals surface area contributed by atoms with E-state index in [4.69, 9.17) is 4.74 Å². The summed E-state index contributed by atoms with van der Waals surface area (Å²) in [6.45, 7) is 5.83. The lowest BCUT2D eigenvalue weighted by Crippen LogP contribution is -2.47. The van der Waals surface area contributed by atoms with Gasteiger partial charge in [0.2, 0.25) is 11.8 Å². The van der Waals surface area contributed by atoms with Crippen LogP contribution < -0.4 is 0 Å². The first-order valence-corrected chi connectivity index (χ1v) is 13.9. The van der Waals surface area contributed by atoms with Gasteiger partial charge >= 0.3 is 0 Å². The minimum absolute atomic E-state index is 0.0868. The summed E-state index contributed by atoms with van der Waals surface area (Å²) in [4.78, 5) is 37.0. The quantitative estimate of drug-likeness (QED) is 0.332. The van der Waals surface area contributed by atoms with E-state index in [9.17, 15) is 9.59 Å². The number of para-hydroxylation sites is 2. The maximum Gasteiger partial charge on any atom is 0.227 e. The topological polar surface area (TPSA) is 81.4 Å². The van der Waals surface area contributed by atoms with Crippen molar-refractivity contribution >= 4 is 33.6 Å². The number of H-pyrrole nitrogens is 2. The van der Waals surface area contributed by atoms with Crippen molar-refractivity contribution in [2.24, 2.45) is 5.92 Å². The van der Waals surface area contributed by atoms with Crippen LogP contribution in [-0.2, 0) is 19.7 Å². The zero-order chi connectivity index (χ0) is 26.1. The number of piperidine rings is 1. The van der Waals surface area contributed by atoms with E-state index in [1.54, 1.807) is 0 Å². The molecule has 2 aromatic heterocycles. The van der Waals surface area contributed by atoms with Gasteiger partial charge in [0.1, 0.15) is 0 Å². The van der Waals surface area contributed by atoms with Crippen LogP contribution in [0.15, 0.2) is 60.9 Å². The van der Waals surface area contributed by atoms with Gasteiger partial charge in [-0.05, 0) is 49.4 Å². The van der Waals surface area contributed by atoms with Gasteiger partial charge in [-0.25, -0.2) is 0 Å². The molecular formula is C31H36N4O3. The molecule has 6 rings (SSSR count). The van der Waals surface area contributed by atoms with Gasteiger partial charge in [-0.2, -0.15) is 0 Å². The highest BCUT2D eigenvalue weighted by atomic mass is 16.5. The van der Waals surface area contributed by atoms with Gasteiger partial charge in [-0.15, -0.1) is 0 Å². The molecule has 2 amide bonds. The highest BCUT2D eigenvalue weighted by molar-refractivity contribution is 5.91. The number of carbonyl (C=O) groups excluding carboxylic acids is 2. The molecule has 2 aliphatic rings. The van der Waals surface area contributed by atoms with E-state index in [1.165, 1.54) is 21.9 Å². The van der Waals surface area contributed by atoms with Crippen molar-refractivity contribution in [1.82, 2.24) is 19.8 Å². The van der Waals surface area contributed by atoms with Gasteiger partial charge in [0.25, 0.3) is 0 Å². The zero-order valence-corrected chi connectivity index (χ0v) is 22.0. The molecule has 2 saturated heterocycles. The third-order valence-electron chi connectivity index (χ3n) is 8.62. The smallest absolute Gasteiger partial charge is 0.227 e. The Bertz CT molecular complexity index is 1370. The summed E-state index contributed by atoms with van der Waals surface area (Å²) in [6, 6.07) is 16.9. The fourth-order valence-electron chi connectivity index (χ4n) is 6.64. The predicted molar refractivity (Wildman–Crippen MR) is 149 cm³/mol. The Labute approximate surface area is 223 Å². The van der Waals surface area contributed by atoms with Crippen LogP contribution in [-0.4, -0.2) is 71.0 Å².